The molecule has 0 radical (unpaired) electrons. The summed E-state index contributed by atoms with van der Waals surface area (Å²) in [6, 6.07) is 8.67. The normalized spacial score (nSPS) is 22.3. The quantitative estimate of drug-likeness (QED) is 0.902. The van der Waals surface area contributed by atoms with E-state index in [1.807, 2.05) is 36.2 Å². The molecule has 0 spiro atoms. The Bertz CT molecular complexity index is 555. The molecule has 3 rings (SSSR count). The van der Waals surface area contributed by atoms with Crippen molar-refractivity contribution in [2.75, 3.05) is 6.26 Å². The molecular formula is C17H22N2OS. The van der Waals surface area contributed by atoms with Crippen molar-refractivity contribution in [3.05, 3.63) is 42.4 Å². The zero-order valence-electron chi connectivity index (χ0n) is 12.4. The fourth-order valence-electron chi connectivity index (χ4n) is 2.93. The van der Waals surface area contributed by atoms with E-state index in [0.717, 1.165) is 28.9 Å². The lowest BCUT2D eigenvalue weighted by Gasteiger charge is -2.28. The van der Waals surface area contributed by atoms with Crippen LogP contribution in [0.15, 0.2) is 41.1 Å². The third-order valence-corrected chi connectivity index (χ3v) is 5.23. The molecule has 3 nitrogen and oxygen atoms in total. The first kappa shape index (κ1) is 14.7. The maximum Gasteiger partial charge on any atom is 0.135 e. The Morgan fingerprint density at radius 3 is 3.10 bits per heavy atom. The molecule has 0 aromatic carbocycles. The first-order valence-corrected chi connectivity index (χ1v) is 8.89. The molecular weight excluding hydrogens is 280 g/mol. The van der Waals surface area contributed by atoms with Crippen molar-refractivity contribution >= 4 is 11.8 Å². The third kappa shape index (κ3) is 3.89. The van der Waals surface area contributed by atoms with Crippen LogP contribution in [0.25, 0.3) is 11.3 Å². The van der Waals surface area contributed by atoms with E-state index in [4.69, 9.17) is 4.42 Å². The SMILES string of the molecule is CS[C@H]1CCC[C@H](NCc2ccc(-c3cccnc3)o2)C1. The number of pyridine rings is 1. The van der Waals surface area contributed by atoms with Crippen LogP contribution in [0.3, 0.4) is 0 Å². The lowest BCUT2D eigenvalue weighted by molar-refractivity contribution is 0.364. The molecule has 4 heteroatoms. The van der Waals surface area contributed by atoms with Gasteiger partial charge in [0.15, 0.2) is 0 Å². The van der Waals surface area contributed by atoms with Crippen LogP contribution in [0.4, 0.5) is 0 Å². The molecule has 112 valence electrons. The van der Waals surface area contributed by atoms with E-state index in [-0.39, 0.29) is 0 Å². The third-order valence-electron chi connectivity index (χ3n) is 4.13. The van der Waals surface area contributed by atoms with Crippen LogP contribution < -0.4 is 5.32 Å². The fraction of sp³-hybridized carbons (Fsp3) is 0.471. The summed E-state index contributed by atoms with van der Waals surface area (Å²) >= 11 is 2.00. The van der Waals surface area contributed by atoms with Gasteiger partial charge in [0.05, 0.1) is 6.54 Å². The van der Waals surface area contributed by atoms with Crippen LogP contribution in [-0.4, -0.2) is 22.5 Å². The molecule has 0 saturated heterocycles. The summed E-state index contributed by atoms with van der Waals surface area (Å²) in [6.07, 6.45) is 11.1. The molecule has 0 amide bonds. The van der Waals surface area contributed by atoms with Crippen LogP contribution in [0.2, 0.25) is 0 Å². The minimum absolute atomic E-state index is 0.628. The van der Waals surface area contributed by atoms with Gasteiger partial charge in [0.2, 0.25) is 0 Å². The Morgan fingerprint density at radius 2 is 2.29 bits per heavy atom. The number of nitrogens with zero attached hydrogens (tertiary/aromatic N) is 1. The van der Waals surface area contributed by atoms with Crippen molar-refractivity contribution in [2.24, 2.45) is 0 Å². The Labute approximate surface area is 130 Å². The van der Waals surface area contributed by atoms with Gasteiger partial charge in [0.1, 0.15) is 11.5 Å². The second kappa shape index (κ2) is 7.14. The lowest BCUT2D eigenvalue weighted by Crippen LogP contribution is -2.34. The molecule has 1 N–H and O–H groups in total. The molecule has 2 aromatic rings. The van der Waals surface area contributed by atoms with Crippen molar-refractivity contribution in [3.63, 3.8) is 0 Å². The summed E-state index contributed by atoms with van der Waals surface area (Å²) in [5.41, 5.74) is 1.03. The van der Waals surface area contributed by atoms with Gasteiger partial charge in [-0.2, -0.15) is 11.8 Å². The maximum atomic E-state index is 5.91. The predicted molar refractivity (Wildman–Crippen MR) is 88.3 cm³/mol. The van der Waals surface area contributed by atoms with Gasteiger partial charge in [0.25, 0.3) is 0 Å². The second-order valence-electron chi connectivity index (χ2n) is 5.61. The summed E-state index contributed by atoms with van der Waals surface area (Å²) < 4.78 is 5.91. The predicted octanol–water partition coefficient (Wildman–Crippen LogP) is 4.11. The summed E-state index contributed by atoms with van der Waals surface area (Å²) in [5, 5.41) is 4.46. The van der Waals surface area contributed by atoms with E-state index < -0.39 is 0 Å². The van der Waals surface area contributed by atoms with Crippen LogP contribution in [-0.2, 0) is 6.54 Å². The van der Waals surface area contributed by atoms with E-state index in [1.54, 1.807) is 6.20 Å². The Morgan fingerprint density at radius 1 is 1.33 bits per heavy atom. The van der Waals surface area contributed by atoms with Gasteiger partial charge in [-0.15, -0.1) is 0 Å². The Kier molecular flexibility index (Phi) is 4.99. The highest BCUT2D eigenvalue weighted by Crippen LogP contribution is 2.27. The molecule has 0 unspecified atom stereocenters. The summed E-state index contributed by atoms with van der Waals surface area (Å²) in [6.45, 7) is 0.812. The highest BCUT2D eigenvalue weighted by Gasteiger charge is 2.20. The average Bonchev–Trinajstić information content (AvgIpc) is 3.03. The molecule has 1 fully saturated rings. The van der Waals surface area contributed by atoms with Gasteiger partial charge in [0, 0.05) is 29.2 Å². The fourth-order valence-corrected chi connectivity index (χ4v) is 3.75. The molecule has 21 heavy (non-hydrogen) atoms. The molecule has 1 aliphatic rings. The average molecular weight is 302 g/mol. The number of rotatable bonds is 5. The number of aromatic nitrogens is 1. The number of nitrogens with one attached hydrogen (secondary N) is 1. The van der Waals surface area contributed by atoms with Gasteiger partial charge >= 0.3 is 0 Å². The monoisotopic (exact) mass is 302 g/mol. The molecule has 0 aliphatic heterocycles. The number of hydrogen-bond acceptors (Lipinski definition) is 4. The van der Waals surface area contributed by atoms with Gasteiger partial charge in [-0.1, -0.05) is 6.42 Å². The van der Waals surface area contributed by atoms with Gasteiger partial charge in [-0.05, 0) is 49.8 Å². The minimum Gasteiger partial charge on any atom is -0.460 e. The molecule has 2 aromatic heterocycles. The van der Waals surface area contributed by atoms with Crippen LogP contribution in [0.5, 0.6) is 0 Å². The summed E-state index contributed by atoms with van der Waals surface area (Å²) in [7, 11) is 0. The van der Waals surface area contributed by atoms with Crippen molar-refractivity contribution in [1.29, 1.82) is 0 Å². The summed E-state index contributed by atoms with van der Waals surface area (Å²) in [5.74, 6) is 1.89. The zero-order valence-corrected chi connectivity index (χ0v) is 13.2. The van der Waals surface area contributed by atoms with Crippen molar-refractivity contribution < 1.29 is 4.42 Å². The number of hydrogen-bond donors (Lipinski definition) is 1. The van der Waals surface area contributed by atoms with Crippen molar-refractivity contribution in [2.45, 2.75) is 43.5 Å². The number of furan rings is 1. The zero-order chi connectivity index (χ0) is 14.5. The minimum atomic E-state index is 0.628. The second-order valence-corrected chi connectivity index (χ2v) is 6.75. The van der Waals surface area contributed by atoms with E-state index in [2.05, 4.69) is 22.6 Å². The van der Waals surface area contributed by atoms with Crippen LogP contribution >= 0.6 is 11.8 Å². The van der Waals surface area contributed by atoms with Crippen LogP contribution in [0.1, 0.15) is 31.4 Å². The standard InChI is InChI=1S/C17H22N2OS/c1-21-16-6-2-5-14(10-16)19-12-15-7-8-17(20-15)13-4-3-9-18-11-13/h3-4,7-9,11,14,16,19H,2,5-6,10,12H2,1H3/t14-,16-/m0/s1. The van der Waals surface area contributed by atoms with E-state index in [1.165, 1.54) is 25.7 Å². The summed E-state index contributed by atoms with van der Waals surface area (Å²) in [4.78, 5) is 4.13. The molecule has 2 atom stereocenters. The van der Waals surface area contributed by atoms with E-state index in [9.17, 15) is 0 Å². The highest BCUT2D eigenvalue weighted by molar-refractivity contribution is 7.99. The molecule has 1 saturated carbocycles. The van der Waals surface area contributed by atoms with Gasteiger partial charge in [-0.3, -0.25) is 4.98 Å². The number of thioether (sulfide) groups is 1. The van der Waals surface area contributed by atoms with E-state index >= 15 is 0 Å². The van der Waals surface area contributed by atoms with E-state index in [0.29, 0.717) is 6.04 Å². The lowest BCUT2D eigenvalue weighted by atomic mass is 9.95. The molecule has 1 aliphatic carbocycles. The van der Waals surface area contributed by atoms with Crippen LogP contribution in [0, 0.1) is 0 Å². The van der Waals surface area contributed by atoms with Gasteiger partial charge < -0.3 is 9.73 Å². The Balaban J connectivity index is 1.55. The first-order valence-electron chi connectivity index (χ1n) is 7.60. The topological polar surface area (TPSA) is 38.1 Å². The molecule has 0 bridgehead atoms. The molecule has 2 heterocycles. The first-order chi connectivity index (χ1) is 10.3. The maximum absolute atomic E-state index is 5.91. The van der Waals surface area contributed by atoms with Crippen molar-refractivity contribution in [3.8, 4) is 11.3 Å². The Hall–Kier alpha value is -1.26. The van der Waals surface area contributed by atoms with Gasteiger partial charge in [-0.25, -0.2) is 0 Å². The van der Waals surface area contributed by atoms with Crippen molar-refractivity contribution in [1.82, 2.24) is 10.3 Å². The smallest absolute Gasteiger partial charge is 0.135 e. The highest BCUT2D eigenvalue weighted by atomic mass is 32.2. The largest absolute Gasteiger partial charge is 0.460 e.